The highest BCUT2D eigenvalue weighted by Crippen LogP contribution is 2.28. The summed E-state index contributed by atoms with van der Waals surface area (Å²) < 4.78 is 6.76. The van der Waals surface area contributed by atoms with Crippen molar-refractivity contribution in [2.45, 2.75) is 26.2 Å². The number of aromatic carboxylic acids is 1. The van der Waals surface area contributed by atoms with Crippen LogP contribution in [0.5, 0.6) is 0 Å². The van der Waals surface area contributed by atoms with E-state index in [1.54, 1.807) is 54.0 Å². The van der Waals surface area contributed by atoms with Gasteiger partial charge in [0.25, 0.3) is 0 Å². The molecule has 0 spiro atoms. The third kappa shape index (κ3) is 5.58. The van der Waals surface area contributed by atoms with Crippen LogP contribution in [0.1, 0.15) is 46.0 Å². The highest BCUT2D eigenvalue weighted by molar-refractivity contribution is 6.06. The second-order valence-electron chi connectivity index (χ2n) is 8.10. The van der Waals surface area contributed by atoms with E-state index in [2.05, 4.69) is 5.32 Å². The van der Waals surface area contributed by atoms with Crippen molar-refractivity contribution in [1.29, 1.82) is 0 Å². The zero-order valence-corrected chi connectivity index (χ0v) is 19.4. The predicted octanol–water partition coefficient (Wildman–Crippen LogP) is 5.47. The fourth-order valence-electron chi connectivity index (χ4n) is 3.99. The topological polar surface area (TPSA) is 97.6 Å². The van der Waals surface area contributed by atoms with Crippen molar-refractivity contribution >= 4 is 34.4 Å². The smallest absolute Gasteiger partial charge is 0.338 e. The maximum Gasteiger partial charge on any atom is 0.338 e. The number of carboxylic acid groups (broad SMARTS) is 1. The number of hydrogen-bond donors (Lipinski definition) is 2. The summed E-state index contributed by atoms with van der Waals surface area (Å²) in [6, 6.07) is 22.0. The van der Waals surface area contributed by atoms with Crippen LogP contribution in [0.2, 0.25) is 0 Å². The van der Waals surface area contributed by atoms with Gasteiger partial charge in [0.2, 0.25) is 5.91 Å². The van der Waals surface area contributed by atoms with Gasteiger partial charge in [0.1, 0.15) is 0 Å². The van der Waals surface area contributed by atoms with Crippen molar-refractivity contribution < 1.29 is 24.2 Å². The number of carbonyl (C=O) groups is 3. The first-order valence-electron chi connectivity index (χ1n) is 11.5. The van der Waals surface area contributed by atoms with E-state index in [-0.39, 0.29) is 18.1 Å². The molecule has 1 heterocycles. The number of carboxylic acids is 1. The Balaban J connectivity index is 1.52. The lowest BCUT2D eigenvalue weighted by Crippen LogP contribution is -2.11. The summed E-state index contributed by atoms with van der Waals surface area (Å²) in [5, 5.41) is 13.1. The number of rotatable bonds is 9. The fourth-order valence-corrected chi connectivity index (χ4v) is 3.99. The number of esters is 1. The molecule has 7 heteroatoms. The van der Waals surface area contributed by atoms with Crippen LogP contribution in [0.15, 0.2) is 79.0 Å². The molecule has 2 N–H and O–H groups in total. The number of aromatic nitrogens is 1. The first-order valence-corrected chi connectivity index (χ1v) is 11.5. The standard InChI is InChI=1S/C28H26N2O5/c1-2-35-28(34)20-11-14-22(15-12-20)30-18-24(27(32)33)23-17-21(13-16-25(23)30)29-26(31)10-6-9-19-7-4-3-5-8-19/h3-5,7-8,11-18H,2,6,9-10H2,1H3,(H,29,31)(H,32,33). The van der Waals surface area contributed by atoms with Crippen molar-refractivity contribution in [2.24, 2.45) is 0 Å². The third-order valence-electron chi connectivity index (χ3n) is 5.69. The van der Waals surface area contributed by atoms with E-state index in [1.165, 1.54) is 11.8 Å². The second-order valence-corrected chi connectivity index (χ2v) is 8.10. The molecule has 7 nitrogen and oxygen atoms in total. The van der Waals surface area contributed by atoms with Gasteiger partial charge < -0.3 is 19.7 Å². The Morgan fingerprint density at radius 1 is 0.971 bits per heavy atom. The molecule has 1 amide bonds. The Kier molecular flexibility index (Phi) is 7.26. The number of hydrogen-bond acceptors (Lipinski definition) is 4. The molecule has 0 saturated carbocycles. The lowest BCUT2D eigenvalue weighted by atomic mass is 10.1. The number of carbonyl (C=O) groups excluding carboxylic acids is 2. The van der Waals surface area contributed by atoms with Gasteiger partial charge in [-0.2, -0.15) is 0 Å². The van der Waals surface area contributed by atoms with E-state index in [0.717, 1.165) is 12.8 Å². The molecular formula is C28H26N2O5. The lowest BCUT2D eigenvalue weighted by molar-refractivity contribution is -0.116. The van der Waals surface area contributed by atoms with Gasteiger partial charge in [0.05, 0.1) is 23.3 Å². The van der Waals surface area contributed by atoms with Crippen LogP contribution in [-0.2, 0) is 16.0 Å². The summed E-state index contributed by atoms with van der Waals surface area (Å²) in [5.41, 5.74) is 3.64. The normalized spacial score (nSPS) is 10.8. The van der Waals surface area contributed by atoms with Crippen LogP contribution in [0.25, 0.3) is 16.6 Å². The Bertz CT molecular complexity index is 1360. The van der Waals surface area contributed by atoms with Crippen LogP contribution >= 0.6 is 0 Å². The van der Waals surface area contributed by atoms with Crippen molar-refractivity contribution in [1.82, 2.24) is 4.57 Å². The zero-order chi connectivity index (χ0) is 24.8. The van der Waals surface area contributed by atoms with Gasteiger partial charge in [-0.1, -0.05) is 30.3 Å². The number of amides is 1. The lowest BCUT2D eigenvalue weighted by Gasteiger charge is -2.09. The Morgan fingerprint density at radius 3 is 2.40 bits per heavy atom. The molecule has 0 bridgehead atoms. The van der Waals surface area contributed by atoms with Gasteiger partial charge in [-0.15, -0.1) is 0 Å². The quantitative estimate of drug-likeness (QED) is 0.316. The maximum atomic E-state index is 12.4. The second kappa shape index (κ2) is 10.7. The number of benzene rings is 3. The fraction of sp³-hybridized carbons (Fsp3) is 0.179. The molecule has 4 rings (SSSR count). The molecule has 0 fully saturated rings. The van der Waals surface area contributed by atoms with Gasteiger partial charge in [0.15, 0.2) is 0 Å². The summed E-state index contributed by atoms with van der Waals surface area (Å²) in [6.45, 7) is 2.03. The minimum Gasteiger partial charge on any atom is -0.478 e. The van der Waals surface area contributed by atoms with Crippen molar-refractivity contribution in [3.63, 3.8) is 0 Å². The van der Waals surface area contributed by atoms with Crippen LogP contribution in [0.3, 0.4) is 0 Å². The van der Waals surface area contributed by atoms with E-state index >= 15 is 0 Å². The van der Waals surface area contributed by atoms with Crippen LogP contribution in [-0.4, -0.2) is 34.1 Å². The monoisotopic (exact) mass is 470 g/mol. The zero-order valence-electron chi connectivity index (χ0n) is 19.4. The molecule has 0 atom stereocenters. The number of ether oxygens (including phenoxy) is 1. The Hall–Kier alpha value is -4.39. The van der Waals surface area contributed by atoms with Gasteiger partial charge in [-0.3, -0.25) is 4.79 Å². The molecule has 1 aromatic heterocycles. The van der Waals surface area contributed by atoms with E-state index < -0.39 is 11.9 Å². The number of anilines is 1. The first-order chi connectivity index (χ1) is 17.0. The van der Waals surface area contributed by atoms with Crippen molar-refractivity contribution in [3.05, 3.63) is 95.7 Å². The molecule has 4 aromatic rings. The molecule has 178 valence electrons. The maximum absolute atomic E-state index is 12.4. The molecule has 0 radical (unpaired) electrons. The Morgan fingerprint density at radius 2 is 1.71 bits per heavy atom. The van der Waals surface area contributed by atoms with E-state index in [0.29, 0.717) is 34.3 Å². The molecule has 0 aliphatic rings. The minimum atomic E-state index is -1.07. The van der Waals surface area contributed by atoms with Gasteiger partial charge >= 0.3 is 11.9 Å². The highest BCUT2D eigenvalue weighted by atomic mass is 16.5. The molecule has 0 unspecified atom stereocenters. The SMILES string of the molecule is CCOC(=O)c1ccc(-n2cc(C(=O)O)c3cc(NC(=O)CCCc4ccccc4)ccc32)cc1. The van der Waals surface area contributed by atoms with E-state index in [1.807, 2.05) is 30.3 Å². The molecule has 0 aliphatic heterocycles. The van der Waals surface area contributed by atoms with Gasteiger partial charge in [0, 0.05) is 29.4 Å². The van der Waals surface area contributed by atoms with Crippen LogP contribution in [0.4, 0.5) is 5.69 Å². The average Bonchev–Trinajstić information content (AvgIpc) is 3.24. The number of aryl methyl sites for hydroxylation is 1. The van der Waals surface area contributed by atoms with Gasteiger partial charge in [-0.25, -0.2) is 9.59 Å². The summed E-state index contributed by atoms with van der Waals surface area (Å²) in [5.74, 6) is -1.60. The van der Waals surface area contributed by atoms with E-state index in [9.17, 15) is 19.5 Å². The summed E-state index contributed by atoms with van der Waals surface area (Å²) in [7, 11) is 0. The number of nitrogens with zero attached hydrogens (tertiary/aromatic N) is 1. The predicted molar refractivity (Wildman–Crippen MR) is 134 cm³/mol. The van der Waals surface area contributed by atoms with Crippen LogP contribution in [0, 0.1) is 0 Å². The minimum absolute atomic E-state index is 0.119. The average molecular weight is 471 g/mol. The third-order valence-corrected chi connectivity index (χ3v) is 5.69. The Labute approximate surface area is 203 Å². The summed E-state index contributed by atoms with van der Waals surface area (Å²) in [4.78, 5) is 36.3. The van der Waals surface area contributed by atoms with E-state index in [4.69, 9.17) is 4.74 Å². The molecule has 3 aromatic carbocycles. The van der Waals surface area contributed by atoms with Crippen molar-refractivity contribution in [2.75, 3.05) is 11.9 Å². The van der Waals surface area contributed by atoms with Crippen LogP contribution < -0.4 is 5.32 Å². The molecule has 0 saturated heterocycles. The first kappa shape index (κ1) is 23.8. The van der Waals surface area contributed by atoms with Gasteiger partial charge in [-0.05, 0) is 67.8 Å². The largest absolute Gasteiger partial charge is 0.478 e. The highest BCUT2D eigenvalue weighted by Gasteiger charge is 2.17. The summed E-state index contributed by atoms with van der Waals surface area (Å²) >= 11 is 0. The number of nitrogens with one attached hydrogen (secondary N) is 1. The summed E-state index contributed by atoms with van der Waals surface area (Å²) in [6.07, 6.45) is 3.44. The number of fused-ring (bicyclic) bond motifs is 1. The molecule has 35 heavy (non-hydrogen) atoms. The molecule has 0 aliphatic carbocycles. The molecular weight excluding hydrogens is 444 g/mol. The van der Waals surface area contributed by atoms with Crippen molar-refractivity contribution in [3.8, 4) is 5.69 Å².